The van der Waals surface area contributed by atoms with Crippen LogP contribution in [0.2, 0.25) is 5.02 Å². The lowest BCUT2D eigenvalue weighted by molar-refractivity contribution is 0.344. The molecule has 0 saturated heterocycles. The Bertz CT molecular complexity index is 782. The van der Waals surface area contributed by atoms with Gasteiger partial charge in [-0.3, -0.25) is 0 Å². The number of hydrogen-bond acceptors (Lipinski definition) is 1. The van der Waals surface area contributed by atoms with Crippen molar-refractivity contribution in [3.05, 3.63) is 65.1 Å². The van der Waals surface area contributed by atoms with Crippen molar-refractivity contribution >= 4 is 22.5 Å². The number of halogens is 2. The minimum absolute atomic E-state index is 0.148. The van der Waals surface area contributed by atoms with E-state index in [-0.39, 0.29) is 10.8 Å². The van der Waals surface area contributed by atoms with Crippen molar-refractivity contribution in [2.75, 3.05) is 6.61 Å². The van der Waals surface area contributed by atoms with Crippen LogP contribution in [0, 0.1) is 5.82 Å². The quantitative estimate of drug-likeness (QED) is 0.670. The third kappa shape index (κ3) is 2.74. The van der Waals surface area contributed by atoms with E-state index in [1.807, 2.05) is 43.5 Å². The summed E-state index contributed by atoms with van der Waals surface area (Å²) >= 11 is 5.71. The standard InChI is InChI=1S/C17H15ClFNO/c1-2-21-17-5-3-4-16-13(17)8-9-20(16)11-12-6-7-14(18)15(19)10-12/h3-10H,2,11H2,1H3. The average molecular weight is 304 g/mol. The molecule has 1 heterocycles. The van der Waals surface area contributed by atoms with Gasteiger partial charge in [-0.25, -0.2) is 4.39 Å². The first kappa shape index (κ1) is 14.0. The third-order valence-corrected chi connectivity index (χ3v) is 3.72. The van der Waals surface area contributed by atoms with Gasteiger partial charge in [-0.1, -0.05) is 23.7 Å². The maximum absolute atomic E-state index is 13.5. The molecule has 3 rings (SSSR count). The number of ether oxygens (including phenoxy) is 1. The van der Waals surface area contributed by atoms with Crippen molar-refractivity contribution in [1.29, 1.82) is 0 Å². The van der Waals surface area contributed by atoms with E-state index in [1.165, 1.54) is 6.07 Å². The smallest absolute Gasteiger partial charge is 0.142 e. The molecule has 4 heteroatoms. The highest BCUT2D eigenvalue weighted by Gasteiger charge is 2.08. The Morgan fingerprint density at radius 1 is 1.19 bits per heavy atom. The molecule has 0 aliphatic rings. The molecular formula is C17H15ClFNO. The van der Waals surface area contributed by atoms with Crippen LogP contribution in [0.3, 0.4) is 0 Å². The predicted octanol–water partition coefficient (Wildman–Crippen LogP) is 4.88. The second-order valence-corrected chi connectivity index (χ2v) is 5.22. The summed E-state index contributed by atoms with van der Waals surface area (Å²) in [6.07, 6.45) is 1.99. The second-order valence-electron chi connectivity index (χ2n) is 4.81. The van der Waals surface area contributed by atoms with Gasteiger partial charge in [0.15, 0.2) is 0 Å². The highest BCUT2D eigenvalue weighted by atomic mass is 35.5. The van der Waals surface area contributed by atoms with Crippen LogP contribution >= 0.6 is 11.6 Å². The van der Waals surface area contributed by atoms with Gasteiger partial charge in [0.25, 0.3) is 0 Å². The number of benzene rings is 2. The normalized spacial score (nSPS) is 11.0. The lowest BCUT2D eigenvalue weighted by Gasteiger charge is -2.08. The Labute approximate surface area is 127 Å². The lowest BCUT2D eigenvalue weighted by Crippen LogP contribution is -1.99. The molecule has 0 N–H and O–H groups in total. The third-order valence-electron chi connectivity index (χ3n) is 3.41. The molecule has 1 aromatic heterocycles. The van der Waals surface area contributed by atoms with Crippen LogP contribution in [0.5, 0.6) is 5.75 Å². The summed E-state index contributed by atoms with van der Waals surface area (Å²) in [6.45, 7) is 3.19. The van der Waals surface area contributed by atoms with Gasteiger partial charge in [0.1, 0.15) is 11.6 Å². The van der Waals surface area contributed by atoms with Crippen LogP contribution in [0.25, 0.3) is 10.9 Å². The van der Waals surface area contributed by atoms with Crippen LogP contribution in [0.4, 0.5) is 4.39 Å². The van der Waals surface area contributed by atoms with Crippen LogP contribution < -0.4 is 4.74 Å². The van der Waals surface area contributed by atoms with Crippen LogP contribution in [-0.2, 0) is 6.54 Å². The summed E-state index contributed by atoms with van der Waals surface area (Å²) in [4.78, 5) is 0. The molecule has 2 nitrogen and oxygen atoms in total. The molecule has 21 heavy (non-hydrogen) atoms. The van der Waals surface area contributed by atoms with Crippen LogP contribution in [0.1, 0.15) is 12.5 Å². The Kier molecular flexibility index (Phi) is 3.84. The zero-order chi connectivity index (χ0) is 14.8. The van der Waals surface area contributed by atoms with E-state index in [1.54, 1.807) is 6.07 Å². The Hall–Kier alpha value is -2.00. The molecule has 2 aromatic carbocycles. The summed E-state index contributed by atoms with van der Waals surface area (Å²) in [5, 5.41) is 1.21. The molecule has 0 amide bonds. The van der Waals surface area contributed by atoms with Crippen molar-refractivity contribution in [2.24, 2.45) is 0 Å². The summed E-state index contributed by atoms with van der Waals surface area (Å²) in [5.74, 6) is 0.483. The van der Waals surface area contributed by atoms with Gasteiger partial charge in [-0.2, -0.15) is 0 Å². The van der Waals surface area contributed by atoms with Crippen LogP contribution in [-0.4, -0.2) is 11.2 Å². The van der Waals surface area contributed by atoms with E-state index in [9.17, 15) is 4.39 Å². The minimum atomic E-state index is -0.388. The first-order chi connectivity index (χ1) is 10.2. The molecule has 108 valence electrons. The number of rotatable bonds is 4. The van der Waals surface area contributed by atoms with Gasteiger partial charge in [-0.05, 0) is 42.8 Å². The number of hydrogen-bond donors (Lipinski definition) is 0. The Morgan fingerprint density at radius 2 is 2.05 bits per heavy atom. The second kappa shape index (κ2) is 5.78. The number of nitrogens with zero attached hydrogens (tertiary/aromatic N) is 1. The van der Waals surface area contributed by atoms with Gasteiger partial charge in [0, 0.05) is 18.1 Å². The van der Waals surface area contributed by atoms with Gasteiger partial charge >= 0.3 is 0 Å². The number of aromatic nitrogens is 1. The van der Waals surface area contributed by atoms with Crippen LogP contribution in [0.15, 0.2) is 48.7 Å². The molecule has 3 aromatic rings. The maximum Gasteiger partial charge on any atom is 0.142 e. The van der Waals surface area contributed by atoms with Gasteiger partial charge in [0.2, 0.25) is 0 Å². The first-order valence-electron chi connectivity index (χ1n) is 6.83. The van der Waals surface area contributed by atoms with Crippen molar-refractivity contribution in [3.63, 3.8) is 0 Å². The highest BCUT2D eigenvalue weighted by Crippen LogP contribution is 2.27. The van der Waals surface area contributed by atoms with Gasteiger partial charge < -0.3 is 9.30 Å². The lowest BCUT2D eigenvalue weighted by atomic mass is 10.2. The molecular weight excluding hydrogens is 289 g/mol. The minimum Gasteiger partial charge on any atom is -0.493 e. The molecule has 0 aliphatic carbocycles. The summed E-state index contributed by atoms with van der Waals surface area (Å²) in [6, 6.07) is 12.9. The van der Waals surface area contributed by atoms with Crippen molar-refractivity contribution in [3.8, 4) is 5.75 Å². The zero-order valence-corrected chi connectivity index (χ0v) is 12.4. The van der Waals surface area contributed by atoms with Crippen molar-refractivity contribution < 1.29 is 9.13 Å². The maximum atomic E-state index is 13.5. The van der Waals surface area contributed by atoms with E-state index in [0.717, 1.165) is 22.2 Å². The Balaban J connectivity index is 1.97. The molecule has 0 unspecified atom stereocenters. The largest absolute Gasteiger partial charge is 0.493 e. The molecule has 0 fully saturated rings. The van der Waals surface area contributed by atoms with Gasteiger partial charge in [-0.15, -0.1) is 0 Å². The van der Waals surface area contributed by atoms with E-state index in [2.05, 4.69) is 4.57 Å². The van der Waals surface area contributed by atoms with Gasteiger partial charge in [0.05, 0.1) is 17.1 Å². The Morgan fingerprint density at radius 3 is 2.81 bits per heavy atom. The van der Waals surface area contributed by atoms with E-state index < -0.39 is 0 Å². The van der Waals surface area contributed by atoms with E-state index >= 15 is 0 Å². The average Bonchev–Trinajstić information content (AvgIpc) is 2.88. The highest BCUT2D eigenvalue weighted by molar-refractivity contribution is 6.30. The SMILES string of the molecule is CCOc1cccc2c1ccn2Cc1ccc(Cl)c(F)c1. The summed E-state index contributed by atoms with van der Waals surface area (Å²) in [7, 11) is 0. The summed E-state index contributed by atoms with van der Waals surface area (Å²) in [5.41, 5.74) is 1.94. The monoisotopic (exact) mass is 303 g/mol. The molecule has 0 radical (unpaired) electrons. The molecule has 0 bridgehead atoms. The molecule has 0 aliphatic heterocycles. The van der Waals surface area contributed by atoms with Crippen molar-refractivity contribution in [1.82, 2.24) is 4.57 Å². The first-order valence-corrected chi connectivity index (χ1v) is 7.21. The predicted molar refractivity (Wildman–Crippen MR) is 83.6 cm³/mol. The number of fused-ring (bicyclic) bond motifs is 1. The van der Waals surface area contributed by atoms with E-state index in [4.69, 9.17) is 16.3 Å². The fourth-order valence-electron chi connectivity index (χ4n) is 2.45. The zero-order valence-electron chi connectivity index (χ0n) is 11.6. The molecule has 0 atom stereocenters. The topological polar surface area (TPSA) is 14.2 Å². The molecule has 0 saturated carbocycles. The summed E-state index contributed by atoms with van der Waals surface area (Å²) < 4.78 is 21.2. The molecule has 0 spiro atoms. The van der Waals surface area contributed by atoms with Crippen molar-refractivity contribution in [2.45, 2.75) is 13.5 Å². The fourth-order valence-corrected chi connectivity index (χ4v) is 2.57. The van der Waals surface area contributed by atoms with E-state index in [0.29, 0.717) is 13.2 Å². The fraction of sp³-hybridized carbons (Fsp3) is 0.176.